The smallest absolute Gasteiger partial charge is 0.338 e. The van der Waals surface area contributed by atoms with E-state index in [1.54, 1.807) is 33.5 Å². The summed E-state index contributed by atoms with van der Waals surface area (Å²) in [6.45, 7) is 6.53. The van der Waals surface area contributed by atoms with E-state index in [0.717, 1.165) is 77.3 Å². The van der Waals surface area contributed by atoms with Crippen LogP contribution in [0.4, 0.5) is 0 Å². The number of rotatable bonds is 22. The average Bonchev–Trinajstić information content (AvgIpc) is 3.69. The molecule has 1 saturated heterocycles. The Labute approximate surface area is 359 Å². The van der Waals surface area contributed by atoms with Crippen LogP contribution in [-0.4, -0.2) is 112 Å². The zero-order valence-corrected chi connectivity index (χ0v) is 37.2. The third-order valence-corrected chi connectivity index (χ3v) is 16.0. The number of carbonyl (C=O) groups excluding carboxylic acids is 2. The molecule has 14 atom stereocenters. The first-order chi connectivity index (χ1) is 29.2. The number of allylic oxidation sites excluding steroid dienone is 6. The van der Waals surface area contributed by atoms with Crippen molar-refractivity contribution in [2.24, 2.45) is 40.4 Å². The molecule has 1 spiro atoms. The molecule has 6 aliphatic rings. The van der Waals surface area contributed by atoms with Gasteiger partial charge < -0.3 is 33.5 Å². The van der Waals surface area contributed by atoms with Gasteiger partial charge in [0.2, 0.25) is 0 Å². The quantitative estimate of drug-likeness (QED) is 0.0699. The van der Waals surface area contributed by atoms with E-state index in [9.17, 15) is 14.7 Å². The number of esters is 2. The Balaban J connectivity index is 1.16. The maximum absolute atomic E-state index is 14.5. The molecule has 1 heterocycles. The Morgan fingerprint density at radius 3 is 2.22 bits per heavy atom. The highest BCUT2D eigenvalue weighted by Crippen LogP contribution is 2.80. The van der Waals surface area contributed by atoms with E-state index in [1.165, 1.54) is 0 Å². The van der Waals surface area contributed by atoms with Gasteiger partial charge in [0, 0.05) is 81.9 Å². The van der Waals surface area contributed by atoms with Crippen LogP contribution in [0.1, 0.15) is 108 Å². The summed E-state index contributed by atoms with van der Waals surface area (Å²) in [5.41, 5.74) is -1.65. The van der Waals surface area contributed by atoms with Gasteiger partial charge in [0.15, 0.2) is 5.60 Å². The number of unbranched alkanes of at least 4 members (excludes halogenated alkanes) is 5. The number of fused-ring (bicyclic) bond motifs is 2. The van der Waals surface area contributed by atoms with E-state index in [0.29, 0.717) is 25.0 Å². The second-order valence-corrected chi connectivity index (χ2v) is 18.6. The van der Waals surface area contributed by atoms with E-state index < -0.39 is 47.1 Å². The molecule has 0 aromatic heterocycles. The van der Waals surface area contributed by atoms with Crippen molar-refractivity contribution in [2.45, 2.75) is 139 Å². The monoisotopic (exact) mass is 832 g/mol. The van der Waals surface area contributed by atoms with Crippen LogP contribution in [0.15, 0.2) is 66.8 Å². The van der Waals surface area contributed by atoms with Crippen molar-refractivity contribution >= 4 is 11.9 Å². The van der Waals surface area contributed by atoms with Gasteiger partial charge in [0.25, 0.3) is 0 Å². The summed E-state index contributed by atoms with van der Waals surface area (Å²) >= 11 is 0. The first kappa shape index (κ1) is 45.2. The van der Waals surface area contributed by atoms with E-state index in [4.69, 9.17) is 28.4 Å². The molecule has 1 N–H and O–H groups in total. The van der Waals surface area contributed by atoms with Gasteiger partial charge in [-0.2, -0.15) is 0 Å². The fourth-order valence-electron chi connectivity index (χ4n) is 14.2. The Bertz CT molecular complexity index is 1680. The van der Waals surface area contributed by atoms with Gasteiger partial charge in [-0.3, -0.25) is 9.69 Å². The summed E-state index contributed by atoms with van der Waals surface area (Å²) < 4.78 is 39.5. The lowest BCUT2D eigenvalue weighted by Gasteiger charge is -2.69. The molecule has 332 valence electrons. The number of piperidine rings is 1. The summed E-state index contributed by atoms with van der Waals surface area (Å²) in [6, 6.07) is 8.98. The molecule has 1 aromatic rings. The molecule has 6 fully saturated rings. The lowest BCUT2D eigenvalue weighted by Crippen LogP contribution is -2.79. The predicted octanol–water partition coefficient (Wildman–Crippen LogP) is 8.13. The highest BCUT2D eigenvalue weighted by atomic mass is 16.6. The molecule has 10 nitrogen and oxygen atoms in total. The van der Waals surface area contributed by atoms with Crippen LogP contribution >= 0.6 is 0 Å². The summed E-state index contributed by atoms with van der Waals surface area (Å²) in [7, 11) is 7.01. The highest BCUT2D eigenvalue weighted by Gasteiger charge is 2.89. The van der Waals surface area contributed by atoms with Crippen molar-refractivity contribution in [3.05, 3.63) is 72.4 Å². The zero-order valence-electron chi connectivity index (χ0n) is 37.2. The molecular formula is C50H73NO9. The fraction of sp³-hybridized carbons (Fsp3) is 0.720. The predicted molar refractivity (Wildman–Crippen MR) is 231 cm³/mol. The van der Waals surface area contributed by atoms with Gasteiger partial charge in [-0.25, -0.2) is 4.79 Å². The topological polar surface area (TPSA) is 113 Å². The van der Waals surface area contributed by atoms with Gasteiger partial charge in [-0.05, 0) is 82.4 Å². The van der Waals surface area contributed by atoms with Crippen molar-refractivity contribution in [3.8, 4) is 0 Å². The van der Waals surface area contributed by atoms with Crippen molar-refractivity contribution in [3.63, 3.8) is 0 Å². The summed E-state index contributed by atoms with van der Waals surface area (Å²) in [5, 5.41) is 13.0. The maximum Gasteiger partial charge on any atom is 0.338 e. The molecule has 60 heavy (non-hydrogen) atoms. The number of methoxy groups -OCH3 is 4. The SMILES string of the molecule is CC/C=C\C/C=C\C/C=C\CCCCCCCC(=O)O[C@@]12[C@@H]3[C@@H](CC([C@@H](OC)[C@@H]1O)[C@@H]3OC(=O)c1ccccc1)[C@@]13C4[C@@H]2[C@H](OC)[C@@H]1[C@@](COC)(CC[C@@H]3OC)CN4CC. The van der Waals surface area contributed by atoms with Crippen molar-refractivity contribution in [2.75, 3.05) is 48.1 Å². The fourth-order valence-corrected chi connectivity index (χ4v) is 14.2. The largest absolute Gasteiger partial charge is 0.458 e. The van der Waals surface area contributed by atoms with E-state index in [2.05, 4.69) is 55.2 Å². The molecular weight excluding hydrogens is 759 g/mol. The van der Waals surface area contributed by atoms with Crippen LogP contribution in [0.25, 0.3) is 0 Å². The van der Waals surface area contributed by atoms with Crippen molar-refractivity contribution < 1.29 is 43.1 Å². The summed E-state index contributed by atoms with van der Waals surface area (Å²) in [4.78, 5) is 31.2. The first-order valence-electron chi connectivity index (χ1n) is 23.2. The molecule has 7 bridgehead atoms. The molecule has 1 aromatic carbocycles. The molecule has 0 radical (unpaired) electrons. The van der Waals surface area contributed by atoms with Gasteiger partial charge in [-0.15, -0.1) is 0 Å². The Hall–Kier alpha value is -2.86. The van der Waals surface area contributed by atoms with Crippen molar-refractivity contribution in [1.29, 1.82) is 0 Å². The van der Waals surface area contributed by atoms with Crippen LogP contribution in [0.2, 0.25) is 0 Å². The third kappa shape index (κ3) is 7.57. The van der Waals surface area contributed by atoms with Crippen LogP contribution < -0.4 is 0 Å². The normalized spacial score (nSPS) is 39.0. The van der Waals surface area contributed by atoms with Gasteiger partial charge in [0.05, 0.1) is 30.5 Å². The maximum atomic E-state index is 14.5. The Morgan fingerprint density at radius 2 is 1.53 bits per heavy atom. The van der Waals surface area contributed by atoms with E-state index >= 15 is 0 Å². The Morgan fingerprint density at radius 1 is 0.833 bits per heavy atom. The second kappa shape index (κ2) is 19.7. The molecule has 1 aliphatic heterocycles. The number of hydrogen-bond acceptors (Lipinski definition) is 10. The highest BCUT2D eigenvalue weighted by molar-refractivity contribution is 5.89. The van der Waals surface area contributed by atoms with Gasteiger partial charge in [-0.1, -0.05) is 87.8 Å². The number of carbonyl (C=O) groups is 2. The molecule has 10 heteroatoms. The van der Waals surface area contributed by atoms with Crippen molar-refractivity contribution in [1.82, 2.24) is 4.90 Å². The second-order valence-electron chi connectivity index (χ2n) is 18.6. The van der Waals surface area contributed by atoms with Crippen LogP contribution in [0.5, 0.6) is 0 Å². The van der Waals surface area contributed by atoms with Gasteiger partial charge in [0.1, 0.15) is 12.2 Å². The lowest BCUT2D eigenvalue weighted by atomic mass is 9.43. The summed E-state index contributed by atoms with van der Waals surface area (Å²) in [5.74, 6) is -2.08. The number of benzene rings is 1. The van der Waals surface area contributed by atoms with E-state index in [1.807, 2.05) is 25.3 Å². The number of ether oxygens (including phenoxy) is 6. The van der Waals surface area contributed by atoms with Crippen LogP contribution in [0.3, 0.4) is 0 Å². The minimum atomic E-state index is -1.44. The third-order valence-electron chi connectivity index (χ3n) is 16.0. The first-order valence-corrected chi connectivity index (χ1v) is 23.2. The van der Waals surface area contributed by atoms with Crippen LogP contribution in [0, 0.1) is 40.4 Å². The number of likely N-dealkylation sites (tertiary alicyclic amines) is 1. The molecule has 0 amide bonds. The lowest BCUT2D eigenvalue weighted by molar-refractivity contribution is -0.304. The Kier molecular flexibility index (Phi) is 14.8. The summed E-state index contributed by atoms with van der Waals surface area (Å²) in [6.07, 6.45) is 22.0. The van der Waals surface area contributed by atoms with Gasteiger partial charge >= 0.3 is 11.9 Å². The molecule has 2 unspecified atom stereocenters. The molecule has 5 aliphatic carbocycles. The minimum absolute atomic E-state index is 0.00864. The minimum Gasteiger partial charge on any atom is -0.458 e. The molecule has 7 rings (SSSR count). The number of aliphatic hydroxyl groups is 1. The number of aliphatic hydroxyl groups excluding tert-OH is 1. The number of nitrogens with zero attached hydrogens (tertiary/aromatic N) is 1. The number of hydrogen-bond donors (Lipinski definition) is 1. The van der Waals surface area contributed by atoms with E-state index in [-0.39, 0.29) is 53.8 Å². The molecule has 5 saturated carbocycles. The zero-order chi connectivity index (χ0) is 42.5. The standard InChI is InChI=1S/C50H73NO9/c1-7-9-10-11-12-13-14-15-16-17-18-19-20-21-25-28-38(52)60-50-39-36(31-35(42(57-5)46(50)53)41(39)59-47(54)34-26-23-22-24-27-34)49-37(56-4)29-30-48(33-55-3)32-51(8-2)45(49)40(50)43(58-6)44(48)49/h9-10,12-13,15-16,22-24,26-27,35-37,39-46,53H,7-8,11,14,17-21,25,28-33H2,1-6H3/b10-9-,13-12-,16-15-/t35?,36-,37+,39-,40+,41+,42-,43+,44-,45?,46+,48+,49+,50-/m1/s1. The van der Waals surface area contributed by atoms with Crippen LogP contribution in [-0.2, 0) is 33.2 Å². The average molecular weight is 832 g/mol.